The molecule has 2 nitrogen and oxygen atoms in total. The molecule has 1 aliphatic rings. The van der Waals surface area contributed by atoms with E-state index in [4.69, 9.17) is 20.9 Å². The Balaban J connectivity index is 2.38. The van der Waals surface area contributed by atoms with Crippen molar-refractivity contribution in [3.63, 3.8) is 0 Å². The van der Waals surface area contributed by atoms with Gasteiger partial charge in [-0.2, -0.15) is 0 Å². The summed E-state index contributed by atoms with van der Waals surface area (Å²) in [5, 5.41) is 0. The molecular weight excluding hydrogens is 224 g/mol. The van der Waals surface area contributed by atoms with Crippen molar-refractivity contribution in [1.29, 1.82) is 0 Å². The second kappa shape index (κ2) is 7.31. The maximum Gasteiger partial charge on any atom is 0.180 e. The molecule has 1 fully saturated rings. The van der Waals surface area contributed by atoms with Crippen LogP contribution in [-0.4, -0.2) is 12.9 Å². The van der Waals surface area contributed by atoms with E-state index in [2.05, 4.69) is 26.8 Å². The largest absolute Gasteiger partial charge is 0.351 e. The fraction of sp³-hybridized carbons (Fsp3) is 0.846. The van der Waals surface area contributed by atoms with Gasteiger partial charge >= 0.3 is 0 Å². The lowest BCUT2D eigenvalue weighted by atomic mass is 9.85. The van der Waals surface area contributed by atoms with Crippen LogP contribution < -0.4 is 0 Å². The number of rotatable bonds is 5. The molecule has 3 atom stereocenters. The summed E-state index contributed by atoms with van der Waals surface area (Å²) < 4.78 is 10.4. The second-order valence-electron chi connectivity index (χ2n) is 4.97. The minimum atomic E-state index is -0.211. The molecule has 0 aromatic heterocycles. The highest BCUT2D eigenvalue weighted by molar-refractivity contribution is 6.07. The van der Waals surface area contributed by atoms with Crippen LogP contribution in [0.25, 0.3) is 0 Å². The number of ether oxygens (including phenoxy) is 1. The minimum Gasteiger partial charge on any atom is -0.351 e. The van der Waals surface area contributed by atoms with E-state index in [0.29, 0.717) is 11.8 Å². The van der Waals surface area contributed by atoms with Crippen LogP contribution in [0.15, 0.2) is 11.6 Å². The number of hydrogen-bond donors (Lipinski definition) is 0. The van der Waals surface area contributed by atoms with E-state index in [1.807, 2.05) is 0 Å². The molecule has 3 heteroatoms. The molecule has 94 valence electrons. The van der Waals surface area contributed by atoms with Crippen molar-refractivity contribution in [2.75, 3.05) is 6.61 Å². The minimum absolute atomic E-state index is 0.211. The average molecular weight is 247 g/mol. The van der Waals surface area contributed by atoms with Gasteiger partial charge in [0, 0.05) is 12.5 Å². The van der Waals surface area contributed by atoms with Crippen LogP contribution in [0.4, 0.5) is 0 Å². The Morgan fingerprint density at radius 1 is 1.56 bits per heavy atom. The lowest BCUT2D eigenvalue weighted by Crippen LogP contribution is -2.34. The van der Waals surface area contributed by atoms with Crippen LogP contribution in [0.1, 0.15) is 46.5 Å². The van der Waals surface area contributed by atoms with Crippen molar-refractivity contribution >= 4 is 11.9 Å². The van der Waals surface area contributed by atoms with Crippen molar-refractivity contribution in [2.24, 2.45) is 11.8 Å². The second-order valence-corrected chi connectivity index (χ2v) is 5.15. The molecule has 0 radical (unpaired) electrons. The monoisotopic (exact) mass is 246 g/mol. The van der Waals surface area contributed by atoms with Gasteiger partial charge in [0.15, 0.2) is 6.29 Å². The van der Waals surface area contributed by atoms with Gasteiger partial charge in [-0.25, -0.2) is 4.29 Å². The zero-order valence-electron chi connectivity index (χ0n) is 10.5. The van der Waals surface area contributed by atoms with Crippen LogP contribution in [0.5, 0.6) is 0 Å². The summed E-state index contributed by atoms with van der Waals surface area (Å²) in [6, 6.07) is 0. The van der Waals surface area contributed by atoms with E-state index in [1.54, 1.807) is 0 Å². The first-order valence-corrected chi connectivity index (χ1v) is 6.48. The van der Waals surface area contributed by atoms with Crippen LogP contribution >= 0.6 is 11.9 Å². The molecule has 0 amide bonds. The third-order valence-corrected chi connectivity index (χ3v) is 3.48. The Kier molecular flexibility index (Phi) is 6.40. The van der Waals surface area contributed by atoms with E-state index >= 15 is 0 Å². The van der Waals surface area contributed by atoms with Crippen molar-refractivity contribution in [3.8, 4) is 0 Å². The number of allylic oxidation sites excluding steroid dienone is 2. The fourth-order valence-electron chi connectivity index (χ4n) is 2.27. The van der Waals surface area contributed by atoms with Crippen molar-refractivity contribution in [1.82, 2.24) is 0 Å². The highest BCUT2D eigenvalue weighted by Gasteiger charge is 2.30. The molecular formula is C13H23ClO2. The van der Waals surface area contributed by atoms with Gasteiger partial charge in [-0.15, -0.1) is 0 Å². The van der Waals surface area contributed by atoms with Gasteiger partial charge in [0.1, 0.15) is 0 Å². The van der Waals surface area contributed by atoms with E-state index in [0.717, 1.165) is 25.9 Å². The van der Waals surface area contributed by atoms with E-state index < -0.39 is 0 Å². The van der Waals surface area contributed by atoms with Gasteiger partial charge in [0.25, 0.3) is 0 Å². The summed E-state index contributed by atoms with van der Waals surface area (Å²) in [6.07, 6.45) is 6.67. The molecule has 0 aliphatic carbocycles. The van der Waals surface area contributed by atoms with E-state index in [-0.39, 0.29) is 6.29 Å². The van der Waals surface area contributed by atoms with Crippen molar-refractivity contribution in [3.05, 3.63) is 11.6 Å². The first-order chi connectivity index (χ1) is 7.65. The summed E-state index contributed by atoms with van der Waals surface area (Å²) in [6.45, 7) is 7.31. The summed E-state index contributed by atoms with van der Waals surface area (Å²) >= 11 is 5.47. The Labute approximate surface area is 104 Å². The molecule has 1 aliphatic heterocycles. The zero-order valence-corrected chi connectivity index (χ0v) is 11.3. The standard InChI is InChI=1S/C13H23ClO2/c1-10(2)6-4-7-11(3)12-8-5-9-15-13(12)16-14/h6,11-13H,4-5,7-9H2,1-3H3. The molecule has 0 spiro atoms. The molecule has 0 N–H and O–H groups in total. The van der Waals surface area contributed by atoms with Gasteiger partial charge in [0.05, 0.1) is 11.9 Å². The van der Waals surface area contributed by atoms with Gasteiger partial charge < -0.3 is 4.74 Å². The zero-order chi connectivity index (χ0) is 12.0. The highest BCUT2D eigenvalue weighted by atomic mass is 35.5. The highest BCUT2D eigenvalue weighted by Crippen LogP contribution is 2.31. The topological polar surface area (TPSA) is 18.5 Å². The van der Waals surface area contributed by atoms with Crippen LogP contribution in [0, 0.1) is 11.8 Å². The van der Waals surface area contributed by atoms with Crippen molar-refractivity contribution in [2.45, 2.75) is 52.7 Å². The van der Waals surface area contributed by atoms with Gasteiger partial charge in [0.2, 0.25) is 0 Å². The number of halogens is 1. The normalized spacial score (nSPS) is 27.5. The van der Waals surface area contributed by atoms with Crippen LogP contribution in [0.3, 0.4) is 0 Å². The third kappa shape index (κ3) is 4.44. The molecule has 0 aromatic rings. The maximum absolute atomic E-state index is 5.52. The maximum atomic E-state index is 5.52. The van der Waals surface area contributed by atoms with Crippen molar-refractivity contribution < 1.29 is 9.03 Å². The van der Waals surface area contributed by atoms with E-state index in [9.17, 15) is 0 Å². The molecule has 1 rings (SSSR count). The predicted octanol–water partition coefficient (Wildman–Crippen LogP) is 4.29. The quantitative estimate of drug-likeness (QED) is 0.674. The Hall–Kier alpha value is -0.0500. The van der Waals surface area contributed by atoms with Gasteiger partial charge in [-0.3, -0.25) is 0 Å². The average Bonchev–Trinajstić information content (AvgIpc) is 2.28. The van der Waals surface area contributed by atoms with Crippen LogP contribution in [-0.2, 0) is 9.03 Å². The smallest absolute Gasteiger partial charge is 0.180 e. The Bertz CT molecular complexity index is 224. The summed E-state index contributed by atoms with van der Waals surface area (Å²) in [4.78, 5) is 0. The lowest BCUT2D eigenvalue weighted by molar-refractivity contribution is -0.151. The molecule has 1 saturated heterocycles. The first-order valence-electron chi connectivity index (χ1n) is 6.17. The van der Waals surface area contributed by atoms with E-state index in [1.165, 1.54) is 12.0 Å². The Morgan fingerprint density at radius 3 is 2.94 bits per heavy atom. The summed E-state index contributed by atoms with van der Waals surface area (Å²) in [5.41, 5.74) is 1.39. The summed E-state index contributed by atoms with van der Waals surface area (Å²) in [7, 11) is 0. The van der Waals surface area contributed by atoms with Gasteiger partial charge in [-0.05, 0) is 45.4 Å². The first kappa shape index (κ1) is 14.0. The lowest BCUT2D eigenvalue weighted by Gasteiger charge is -2.33. The molecule has 16 heavy (non-hydrogen) atoms. The number of hydrogen-bond acceptors (Lipinski definition) is 2. The van der Waals surface area contributed by atoms with Gasteiger partial charge in [-0.1, -0.05) is 18.6 Å². The fourth-order valence-corrected chi connectivity index (χ4v) is 2.46. The predicted molar refractivity (Wildman–Crippen MR) is 67.2 cm³/mol. The molecule has 1 heterocycles. The molecule has 0 aromatic carbocycles. The Morgan fingerprint density at radius 2 is 2.31 bits per heavy atom. The summed E-state index contributed by atoms with van der Waals surface area (Å²) in [5.74, 6) is 1.04. The SMILES string of the molecule is CC(C)=CCCC(C)C1CCCOC1OCl. The molecule has 3 unspecified atom stereocenters. The van der Waals surface area contributed by atoms with Crippen LogP contribution in [0.2, 0.25) is 0 Å². The molecule has 0 bridgehead atoms. The third-order valence-electron chi connectivity index (χ3n) is 3.31. The molecule has 0 saturated carbocycles.